The molecule has 0 saturated carbocycles. The van der Waals surface area contributed by atoms with Crippen molar-refractivity contribution in [2.75, 3.05) is 26.2 Å². The molecule has 0 aliphatic carbocycles. The van der Waals surface area contributed by atoms with Crippen molar-refractivity contribution in [1.29, 1.82) is 0 Å². The predicted molar refractivity (Wildman–Crippen MR) is 109 cm³/mol. The Hall–Kier alpha value is -2.15. The van der Waals surface area contributed by atoms with Crippen molar-refractivity contribution in [3.63, 3.8) is 0 Å². The molecule has 28 heavy (non-hydrogen) atoms. The molecule has 1 aliphatic rings. The molecule has 0 bridgehead atoms. The number of pyridine rings is 1. The zero-order valence-corrected chi connectivity index (χ0v) is 17.5. The number of hydrogen-bond donors (Lipinski definition) is 2. The number of likely N-dealkylation sites (tertiary alicyclic amines) is 1. The van der Waals surface area contributed by atoms with E-state index in [0.29, 0.717) is 6.54 Å². The quantitative estimate of drug-likeness (QED) is 0.747. The molecule has 1 aromatic heterocycles. The van der Waals surface area contributed by atoms with Gasteiger partial charge in [-0.2, -0.15) is 0 Å². The predicted octanol–water partition coefficient (Wildman–Crippen LogP) is 2.37. The lowest BCUT2D eigenvalue weighted by Gasteiger charge is -2.34. The zero-order chi connectivity index (χ0) is 20.6. The highest BCUT2D eigenvalue weighted by atomic mass is 16.6. The molecule has 7 heteroatoms. The van der Waals surface area contributed by atoms with Crippen LogP contribution < -0.4 is 10.6 Å². The van der Waals surface area contributed by atoms with E-state index in [1.54, 1.807) is 13.1 Å². The fraction of sp³-hybridized carbons (Fsp3) is 0.667. The molecule has 1 unspecified atom stereocenters. The van der Waals surface area contributed by atoms with Gasteiger partial charge in [-0.15, -0.1) is 0 Å². The molecule has 1 atom stereocenters. The van der Waals surface area contributed by atoms with E-state index in [2.05, 4.69) is 26.6 Å². The maximum absolute atomic E-state index is 12.1. The average Bonchev–Trinajstić information content (AvgIpc) is 2.60. The second kappa shape index (κ2) is 10.4. The third-order valence-electron chi connectivity index (χ3n) is 4.69. The van der Waals surface area contributed by atoms with E-state index >= 15 is 0 Å². The Bertz CT molecular complexity index is 622. The summed E-state index contributed by atoms with van der Waals surface area (Å²) in [6, 6.07) is 4.27. The largest absolute Gasteiger partial charge is 0.444 e. The van der Waals surface area contributed by atoms with E-state index in [1.165, 1.54) is 0 Å². The van der Waals surface area contributed by atoms with Crippen molar-refractivity contribution in [3.8, 4) is 0 Å². The summed E-state index contributed by atoms with van der Waals surface area (Å²) >= 11 is 0. The van der Waals surface area contributed by atoms with Crippen LogP contribution in [0.3, 0.4) is 0 Å². The molecule has 0 aromatic carbocycles. The number of aromatic nitrogens is 1. The van der Waals surface area contributed by atoms with Crippen molar-refractivity contribution >= 4 is 12.0 Å². The molecule has 0 radical (unpaired) electrons. The number of nitrogens with one attached hydrogen (secondary N) is 2. The first-order valence-electron chi connectivity index (χ1n) is 10.1. The van der Waals surface area contributed by atoms with Crippen molar-refractivity contribution in [3.05, 3.63) is 30.1 Å². The molecule has 1 fully saturated rings. The number of carbonyl (C=O) groups is 2. The molecule has 2 N–H and O–H groups in total. The Morgan fingerprint density at radius 2 is 2.04 bits per heavy atom. The van der Waals surface area contributed by atoms with Gasteiger partial charge in [0.25, 0.3) is 0 Å². The second-order valence-electron chi connectivity index (χ2n) is 8.59. The second-order valence-corrected chi connectivity index (χ2v) is 8.59. The van der Waals surface area contributed by atoms with Gasteiger partial charge in [0, 0.05) is 51.5 Å². The lowest BCUT2D eigenvalue weighted by molar-refractivity contribution is -0.120. The number of hydrogen-bond acceptors (Lipinski definition) is 5. The Kier molecular flexibility index (Phi) is 8.23. The van der Waals surface area contributed by atoms with Gasteiger partial charge in [0.15, 0.2) is 0 Å². The van der Waals surface area contributed by atoms with Gasteiger partial charge in [-0.05, 0) is 57.6 Å². The van der Waals surface area contributed by atoms with E-state index in [9.17, 15) is 9.59 Å². The van der Waals surface area contributed by atoms with Crippen LogP contribution in [0.25, 0.3) is 0 Å². The summed E-state index contributed by atoms with van der Waals surface area (Å²) in [5.74, 6) is 0.295. The van der Waals surface area contributed by atoms with E-state index in [-0.39, 0.29) is 24.0 Å². The van der Waals surface area contributed by atoms with E-state index in [0.717, 1.165) is 44.5 Å². The van der Waals surface area contributed by atoms with Gasteiger partial charge in [0.2, 0.25) is 5.91 Å². The summed E-state index contributed by atoms with van der Waals surface area (Å²) in [5, 5.41) is 5.93. The van der Waals surface area contributed by atoms with Gasteiger partial charge in [0.05, 0.1) is 0 Å². The first-order valence-corrected chi connectivity index (χ1v) is 10.1. The standard InChI is InChI=1S/C21H34N4O3/c1-16(26)24-19-7-10-25(11-8-19)15-18(12-17-6-5-9-22-13-17)14-23-20(27)28-21(2,3)4/h5-6,9,13,18-19H,7-8,10-12,14-15H2,1-4H3,(H,23,27)(H,24,26). The van der Waals surface area contributed by atoms with E-state index in [4.69, 9.17) is 4.74 Å². The molecule has 2 amide bonds. The fourth-order valence-electron chi connectivity index (χ4n) is 3.51. The summed E-state index contributed by atoms with van der Waals surface area (Å²) in [4.78, 5) is 29.9. The van der Waals surface area contributed by atoms with Crippen LogP contribution in [0, 0.1) is 5.92 Å². The number of carbonyl (C=O) groups excluding carboxylic acids is 2. The Labute approximate surface area is 168 Å². The van der Waals surface area contributed by atoms with Crippen LogP contribution in [0.5, 0.6) is 0 Å². The number of amides is 2. The maximum atomic E-state index is 12.1. The molecule has 2 heterocycles. The number of ether oxygens (including phenoxy) is 1. The van der Waals surface area contributed by atoms with Crippen molar-refractivity contribution in [1.82, 2.24) is 20.5 Å². The minimum atomic E-state index is -0.505. The van der Waals surface area contributed by atoms with Crippen LogP contribution in [0.2, 0.25) is 0 Å². The molecule has 1 aromatic rings. The van der Waals surface area contributed by atoms with Crippen LogP contribution in [0.1, 0.15) is 46.1 Å². The summed E-state index contributed by atoms with van der Waals surface area (Å²) in [6.07, 6.45) is 6.02. The number of alkyl carbamates (subject to hydrolysis) is 1. The number of piperidine rings is 1. The lowest BCUT2D eigenvalue weighted by Crippen LogP contribution is -2.46. The lowest BCUT2D eigenvalue weighted by atomic mass is 9.97. The minimum absolute atomic E-state index is 0.0365. The normalized spacial score (nSPS) is 17.0. The highest BCUT2D eigenvalue weighted by Gasteiger charge is 2.23. The topological polar surface area (TPSA) is 83.6 Å². The Morgan fingerprint density at radius 1 is 1.32 bits per heavy atom. The summed E-state index contributed by atoms with van der Waals surface area (Å²) in [5.41, 5.74) is 0.653. The summed E-state index contributed by atoms with van der Waals surface area (Å²) < 4.78 is 5.36. The molecule has 2 rings (SSSR count). The van der Waals surface area contributed by atoms with Crippen molar-refractivity contribution < 1.29 is 14.3 Å². The van der Waals surface area contributed by atoms with Gasteiger partial charge < -0.3 is 20.3 Å². The van der Waals surface area contributed by atoms with Gasteiger partial charge in [-0.3, -0.25) is 9.78 Å². The Morgan fingerprint density at radius 3 is 2.61 bits per heavy atom. The monoisotopic (exact) mass is 390 g/mol. The maximum Gasteiger partial charge on any atom is 0.407 e. The first-order chi connectivity index (χ1) is 13.2. The van der Waals surface area contributed by atoms with Crippen LogP contribution in [0.15, 0.2) is 24.5 Å². The van der Waals surface area contributed by atoms with Gasteiger partial charge in [-0.25, -0.2) is 4.79 Å². The van der Waals surface area contributed by atoms with Crippen molar-refractivity contribution in [2.24, 2.45) is 5.92 Å². The zero-order valence-electron chi connectivity index (χ0n) is 17.5. The molecular formula is C21H34N4O3. The molecule has 1 aliphatic heterocycles. The molecule has 7 nitrogen and oxygen atoms in total. The van der Waals surface area contributed by atoms with Gasteiger partial charge in [0.1, 0.15) is 5.60 Å². The van der Waals surface area contributed by atoms with Gasteiger partial charge in [-0.1, -0.05) is 6.07 Å². The third-order valence-corrected chi connectivity index (χ3v) is 4.69. The smallest absolute Gasteiger partial charge is 0.407 e. The van der Waals surface area contributed by atoms with Crippen LogP contribution in [-0.4, -0.2) is 59.7 Å². The fourth-order valence-corrected chi connectivity index (χ4v) is 3.51. The van der Waals surface area contributed by atoms with Crippen LogP contribution >= 0.6 is 0 Å². The van der Waals surface area contributed by atoms with E-state index < -0.39 is 5.60 Å². The minimum Gasteiger partial charge on any atom is -0.444 e. The van der Waals surface area contributed by atoms with Crippen LogP contribution in [-0.2, 0) is 16.0 Å². The Balaban J connectivity index is 1.89. The first kappa shape index (κ1) is 22.1. The van der Waals surface area contributed by atoms with Crippen LogP contribution in [0.4, 0.5) is 4.79 Å². The third kappa shape index (κ3) is 8.69. The summed E-state index contributed by atoms with van der Waals surface area (Å²) in [7, 11) is 0. The number of nitrogens with zero attached hydrogens (tertiary/aromatic N) is 2. The molecule has 1 saturated heterocycles. The van der Waals surface area contributed by atoms with E-state index in [1.807, 2.05) is 33.0 Å². The molecule has 0 spiro atoms. The SMILES string of the molecule is CC(=O)NC1CCN(CC(CNC(=O)OC(C)(C)C)Cc2cccnc2)CC1. The molecular weight excluding hydrogens is 356 g/mol. The highest BCUT2D eigenvalue weighted by molar-refractivity contribution is 5.73. The molecule has 156 valence electrons. The van der Waals surface area contributed by atoms with Crippen molar-refractivity contribution in [2.45, 2.75) is 58.6 Å². The van der Waals surface area contributed by atoms with Gasteiger partial charge >= 0.3 is 6.09 Å². The number of rotatable bonds is 7. The average molecular weight is 391 g/mol. The highest BCUT2D eigenvalue weighted by Crippen LogP contribution is 2.15. The summed E-state index contributed by atoms with van der Waals surface area (Å²) in [6.45, 7) is 10.5.